The molecular formula is C23H32F3N3OS. The Kier molecular flexibility index (Phi) is 10.5. The van der Waals surface area contributed by atoms with E-state index in [2.05, 4.69) is 75.7 Å². The maximum Gasteiger partial charge on any atom is 0.446 e. The lowest BCUT2D eigenvalue weighted by atomic mass is 9.95. The number of hydrogen-bond acceptors (Lipinski definition) is 4. The van der Waals surface area contributed by atoms with Crippen LogP contribution >= 0.6 is 11.8 Å². The van der Waals surface area contributed by atoms with Crippen molar-refractivity contribution in [3.63, 3.8) is 0 Å². The van der Waals surface area contributed by atoms with Gasteiger partial charge in [0.25, 0.3) is 0 Å². The monoisotopic (exact) mass is 455 g/mol. The Hall–Kier alpha value is -2.06. The van der Waals surface area contributed by atoms with Gasteiger partial charge in [0, 0.05) is 11.4 Å². The van der Waals surface area contributed by atoms with E-state index in [1.54, 1.807) is 0 Å². The fourth-order valence-corrected chi connectivity index (χ4v) is 3.82. The molecule has 8 heteroatoms. The van der Waals surface area contributed by atoms with Gasteiger partial charge in [-0.15, -0.1) is 0 Å². The van der Waals surface area contributed by atoms with Crippen LogP contribution in [-0.2, 0) is 24.2 Å². The Bertz CT molecular complexity index is 851. The van der Waals surface area contributed by atoms with Crippen molar-refractivity contribution in [2.24, 2.45) is 11.1 Å². The van der Waals surface area contributed by atoms with E-state index in [9.17, 15) is 13.2 Å². The first-order valence-corrected chi connectivity index (χ1v) is 11.0. The highest BCUT2D eigenvalue weighted by atomic mass is 32.2. The molecule has 0 aliphatic rings. The van der Waals surface area contributed by atoms with Crippen molar-refractivity contribution in [3.05, 3.63) is 47.3 Å². The molecule has 1 aromatic carbocycles. The van der Waals surface area contributed by atoms with Crippen molar-refractivity contribution in [2.75, 3.05) is 6.54 Å². The van der Waals surface area contributed by atoms with E-state index in [0.29, 0.717) is 6.54 Å². The van der Waals surface area contributed by atoms with Crippen molar-refractivity contribution < 1.29 is 18.0 Å². The number of aromatic nitrogens is 2. The molecule has 2 aromatic rings. The number of aldehydes is 1. The molecule has 31 heavy (non-hydrogen) atoms. The van der Waals surface area contributed by atoms with Crippen LogP contribution in [-0.4, -0.2) is 28.8 Å². The Morgan fingerprint density at radius 1 is 1.10 bits per heavy atom. The maximum atomic E-state index is 10.4. The number of allylic oxidation sites excluding steroid dienone is 1. The molecule has 2 N–H and O–H groups in total. The van der Waals surface area contributed by atoms with Gasteiger partial charge in [-0.2, -0.15) is 18.3 Å². The van der Waals surface area contributed by atoms with Crippen LogP contribution in [0.15, 0.2) is 40.1 Å². The molecule has 0 unspecified atom stereocenters. The minimum atomic E-state index is -4.64. The number of carbonyl (C=O) groups excluding carboxylic acids is 1. The predicted octanol–water partition coefficient (Wildman–Crippen LogP) is 5.92. The molecule has 2 rings (SSSR count). The van der Waals surface area contributed by atoms with Gasteiger partial charge in [-0.1, -0.05) is 70.7 Å². The zero-order valence-electron chi connectivity index (χ0n) is 18.8. The summed E-state index contributed by atoms with van der Waals surface area (Å²) in [5.74, 6) is 0. The van der Waals surface area contributed by atoms with Gasteiger partial charge in [0.1, 0.15) is 0 Å². The molecule has 4 nitrogen and oxygen atoms in total. The van der Waals surface area contributed by atoms with Gasteiger partial charge in [0.15, 0.2) is 0 Å². The first-order valence-electron chi connectivity index (χ1n) is 10.2. The zero-order chi connectivity index (χ0) is 23.7. The lowest BCUT2D eigenvalue weighted by Gasteiger charge is -2.11. The summed E-state index contributed by atoms with van der Waals surface area (Å²) in [7, 11) is 0. The number of aryl methyl sites for hydroxylation is 1. The molecule has 0 saturated carbocycles. The smallest absolute Gasteiger partial charge is 0.329 e. The second kappa shape index (κ2) is 12.1. The van der Waals surface area contributed by atoms with Crippen LogP contribution in [0.5, 0.6) is 0 Å². The average Bonchev–Trinajstić information content (AvgIpc) is 3.03. The highest BCUT2D eigenvalue weighted by Crippen LogP contribution is 2.34. The van der Waals surface area contributed by atoms with Crippen molar-refractivity contribution >= 4 is 24.1 Å². The van der Waals surface area contributed by atoms with Gasteiger partial charge in [0.2, 0.25) is 6.29 Å². The Morgan fingerprint density at radius 3 is 2.10 bits per heavy atom. The highest BCUT2D eigenvalue weighted by molar-refractivity contribution is 7.99. The summed E-state index contributed by atoms with van der Waals surface area (Å²) in [6, 6.07) is 8.77. The minimum absolute atomic E-state index is 0.205. The fourth-order valence-electron chi connectivity index (χ4n) is 2.65. The first-order chi connectivity index (χ1) is 14.4. The number of halogens is 3. The summed E-state index contributed by atoms with van der Waals surface area (Å²) in [4.78, 5) is 11.3. The van der Waals surface area contributed by atoms with E-state index >= 15 is 0 Å². The van der Waals surface area contributed by atoms with Gasteiger partial charge in [-0.25, -0.2) is 0 Å². The third-order valence-electron chi connectivity index (χ3n) is 4.10. The molecule has 0 aliphatic carbocycles. The van der Waals surface area contributed by atoms with Crippen LogP contribution in [0.3, 0.4) is 0 Å². The lowest BCUT2D eigenvalue weighted by Crippen LogP contribution is -2.13. The third kappa shape index (κ3) is 9.74. The predicted molar refractivity (Wildman–Crippen MR) is 121 cm³/mol. The van der Waals surface area contributed by atoms with Gasteiger partial charge in [-0.3, -0.25) is 9.48 Å². The van der Waals surface area contributed by atoms with Crippen molar-refractivity contribution in [1.29, 1.82) is 0 Å². The molecule has 0 fully saturated rings. The minimum Gasteiger partial charge on any atom is -0.329 e. The van der Waals surface area contributed by atoms with E-state index < -0.39 is 12.5 Å². The lowest BCUT2D eigenvalue weighted by molar-refractivity contribution is -0.156. The molecule has 1 aromatic heterocycles. The molecule has 0 bridgehead atoms. The van der Waals surface area contributed by atoms with Crippen molar-refractivity contribution in [2.45, 2.75) is 70.0 Å². The second-order valence-electron chi connectivity index (χ2n) is 7.97. The number of rotatable bonds is 7. The van der Waals surface area contributed by atoms with E-state index in [1.165, 1.54) is 26.7 Å². The molecule has 1 heterocycles. The standard InChI is InChI=1S/C21H31N3S.C2HF3O/c1-6-18-20(19(7-2)24(23-18)15-14-22)25-17-10-8-16(9-11-17)12-13-21(3,4)5;3-2(4,5)1-6/h8-13H,6-7,14-15,22H2,1-5H3;1H/b13-12+;. The number of hydrogen-bond donors (Lipinski definition) is 1. The van der Waals surface area contributed by atoms with E-state index in [4.69, 9.17) is 15.6 Å². The van der Waals surface area contributed by atoms with Crippen LogP contribution in [0.4, 0.5) is 13.2 Å². The molecule has 0 radical (unpaired) electrons. The van der Waals surface area contributed by atoms with Crippen LogP contribution < -0.4 is 5.73 Å². The van der Waals surface area contributed by atoms with Crippen LogP contribution in [0, 0.1) is 5.41 Å². The summed E-state index contributed by atoms with van der Waals surface area (Å²) >= 11 is 1.82. The van der Waals surface area contributed by atoms with Crippen LogP contribution in [0.2, 0.25) is 0 Å². The third-order valence-corrected chi connectivity index (χ3v) is 5.28. The number of alkyl halides is 3. The fraction of sp³-hybridized carbons (Fsp3) is 0.478. The summed E-state index contributed by atoms with van der Waals surface area (Å²) in [6.07, 6.45) is 0.660. The quantitative estimate of drug-likeness (QED) is 0.526. The largest absolute Gasteiger partial charge is 0.446 e. The van der Waals surface area contributed by atoms with E-state index in [0.717, 1.165) is 19.4 Å². The molecule has 0 aliphatic heterocycles. The van der Waals surface area contributed by atoms with Crippen molar-refractivity contribution in [3.8, 4) is 0 Å². The van der Waals surface area contributed by atoms with Gasteiger partial charge >= 0.3 is 6.18 Å². The van der Waals surface area contributed by atoms with Crippen LogP contribution in [0.25, 0.3) is 6.08 Å². The molecule has 172 valence electrons. The van der Waals surface area contributed by atoms with Gasteiger partial charge < -0.3 is 5.73 Å². The Balaban J connectivity index is 0.000000703. The van der Waals surface area contributed by atoms with Gasteiger partial charge in [0.05, 0.1) is 22.8 Å². The maximum absolute atomic E-state index is 10.4. The number of benzene rings is 1. The molecule has 0 amide bonds. The van der Waals surface area contributed by atoms with Crippen LogP contribution in [0.1, 0.15) is 51.6 Å². The number of nitrogens with two attached hydrogens (primary N) is 1. The Labute approximate surface area is 187 Å². The summed E-state index contributed by atoms with van der Waals surface area (Å²) in [6.45, 7) is 12.4. The zero-order valence-corrected chi connectivity index (χ0v) is 19.6. The molecule has 0 spiro atoms. The summed E-state index contributed by atoms with van der Waals surface area (Å²) in [5, 5.41) is 4.76. The average molecular weight is 456 g/mol. The summed E-state index contributed by atoms with van der Waals surface area (Å²) in [5.41, 5.74) is 9.65. The van der Waals surface area contributed by atoms with E-state index in [-0.39, 0.29) is 5.41 Å². The van der Waals surface area contributed by atoms with Crippen molar-refractivity contribution in [1.82, 2.24) is 9.78 Å². The topological polar surface area (TPSA) is 60.9 Å². The number of nitrogens with zero attached hydrogens (tertiary/aromatic N) is 2. The normalized spacial score (nSPS) is 12.0. The van der Waals surface area contributed by atoms with Gasteiger partial charge in [-0.05, 0) is 36.0 Å². The second-order valence-corrected chi connectivity index (χ2v) is 9.06. The molecule has 0 saturated heterocycles. The van der Waals surface area contributed by atoms with E-state index in [1.807, 2.05) is 11.8 Å². The first kappa shape index (κ1) is 27.0. The highest BCUT2D eigenvalue weighted by Gasteiger charge is 2.24. The summed E-state index contributed by atoms with van der Waals surface area (Å²) < 4.78 is 33.3. The molecule has 0 atom stereocenters. The number of carbonyl (C=O) groups is 1. The molecular weight excluding hydrogens is 423 g/mol. The SMILES string of the molecule is CCc1nn(CCN)c(CC)c1Sc1ccc(/C=C/C(C)(C)C)cc1.O=CC(F)(F)F. The Morgan fingerprint density at radius 2 is 1.68 bits per heavy atom.